The van der Waals surface area contributed by atoms with Gasteiger partial charge in [-0.3, -0.25) is 24.4 Å². The molecule has 202 valence electrons. The zero-order chi connectivity index (χ0) is 27.3. The topological polar surface area (TPSA) is 108 Å². The molecule has 38 heavy (non-hydrogen) atoms. The number of carbonyl (C=O) groups excluding carboxylic acids is 2. The third-order valence-corrected chi connectivity index (χ3v) is 7.33. The van der Waals surface area contributed by atoms with Crippen molar-refractivity contribution in [3.8, 4) is 6.19 Å². The summed E-state index contributed by atoms with van der Waals surface area (Å²) in [5.74, 6) is -0.617. The van der Waals surface area contributed by atoms with Crippen molar-refractivity contribution in [2.45, 2.75) is 69.7 Å². The van der Waals surface area contributed by atoms with Crippen molar-refractivity contribution in [2.75, 3.05) is 31.8 Å². The molecule has 3 heterocycles. The van der Waals surface area contributed by atoms with Gasteiger partial charge < -0.3 is 14.8 Å². The van der Waals surface area contributed by atoms with Crippen molar-refractivity contribution in [3.05, 3.63) is 59.9 Å². The Morgan fingerprint density at radius 1 is 1.21 bits per heavy atom. The highest BCUT2D eigenvalue weighted by Crippen LogP contribution is 2.33. The Labute approximate surface area is 224 Å². The summed E-state index contributed by atoms with van der Waals surface area (Å²) >= 11 is 0. The lowest BCUT2D eigenvalue weighted by Crippen LogP contribution is -2.52. The third-order valence-electron chi connectivity index (χ3n) is 7.33. The standard InChI is InChI=1S/C29H37N5O4/c1-29(2,3)21-7-9-23(10-8-21)34(28(36)25-16-24(37-4)18-33(25)19-30)26(20-6-5-13-31-17-20)27(35)32-22-11-14-38-15-12-22/h5-10,13,17,22,24-26H,11-12,14-16,18H2,1-4H3,(H,32,35). The van der Waals surface area contributed by atoms with Crippen molar-refractivity contribution in [1.82, 2.24) is 15.2 Å². The highest BCUT2D eigenvalue weighted by Gasteiger charge is 2.43. The fraction of sp³-hybridized carbons (Fsp3) is 0.517. The van der Waals surface area contributed by atoms with Gasteiger partial charge in [-0.25, -0.2) is 0 Å². The minimum absolute atomic E-state index is 0.0457. The minimum Gasteiger partial charge on any atom is -0.381 e. The monoisotopic (exact) mass is 519 g/mol. The van der Waals surface area contributed by atoms with E-state index in [1.807, 2.05) is 24.3 Å². The Balaban J connectivity index is 1.78. The maximum atomic E-state index is 14.3. The van der Waals surface area contributed by atoms with Crippen molar-refractivity contribution < 1.29 is 19.1 Å². The van der Waals surface area contributed by atoms with Crippen molar-refractivity contribution in [1.29, 1.82) is 5.26 Å². The average molecular weight is 520 g/mol. The van der Waals surface area contributed by atoms with Gasteiger partial charge in [0.1, 0.15) is 12.1 Å². The number of likely N-dealkylation sites (tertiary alicyclic amines) is 1. The third kappa shape index (κ3) is 6.14. The van der Waals surface area contributed by atoms with E-state index < -0.39 is 12.1 Å². The highest BCUT2D eigenvalue weighted by atomic mass is 16.5. The van der Waals surface area contributed by atoms with E-state index in [9.17, 15) is 14.9 Å². The van der Waals surface area contributed by atoms with Gasteiger partial charge in [-0.2, -0.15) is 5.26 Å². The van der Waals surface area contributed by atoms with E-state index in [2.05, 4.69) is 37.3 Å². The smallest absolute Gasteiger partial charge is 0.251 e. The second-order valence-electron chi connectivity index (χ2n) is 11.0. The van der Waals surface area contributed by atoms with Gasteiger partial charge in [0.2, 0.25) is 5.91 Å². The fourth-order valence-electron chi connectivity index (χ4n) is 5.08. The van der Waals surface area contributed by atoms with Crippen LogP contribution in [0.15, 0.2) is 48.8 Å². The number of nitrogens with zero attached hydrogens (tertiary/aromatic N) is 4. The summed E-state index contributed by atoms with van der Waals surface area (Å²) in [7, 11) is 1.58. The molecule has 2 aromatic rings. The molecule has 0 radical (unpaired) electrons. The number of anilines is 1. The van der Waals surface area contributed by atoms with Gasteiger partial charge in [-0.15, -0.1) is 0 Å². The number of amides is 2. The largest absolute Gasteiger partial charge is 0.381 e. The van der Waals surface area contributed by atoms with E-state index in [4.69, 9.17) is 9.47 Å². The first-order chi connectivity index (χ1) is 18.2. The van der Waals surface area contributed by atoms with Crippen molar-refractivity contribution >= 4 is 17.5 Å². The van der Waals surface area contributed by atoms with Crippen LogP contribution in [0.25, 0.3) is 0 Å². The normalized spacial score (nSPS) is 21.0. The number of nitrogens with one attached hydrogen (secondary N) is 1. The number of methoxy groups -OCH3 is 1. The zero-order valence-electron chi connectivity index (χ0n) is 22.6. The van der Waals surface area contributed by atoms with E-state index in [-0.39, 0.29) is 29.4 Å². The minimum atomic E-state index is -0.971. The first-order valence-corrected chi connectivity index (χ1v) is 13.1. The van der Waals surface area contributed by atoms with E-state index >= 15 is 0 Å². The molecule has 1 N–H and O–H groups in total. The van der Waals surface area contributed by atoms with Crippen LogP contribution in [-0.4, -0.2) is 66.8 Å². The van der Waals surface area contributed by atoms with Crippen LogP contribution in [0, 0.1) is 11.5 Å². The van der Waals surface area contributed by atoms with Gasteiger partial charge in [0.05, 0.1) is 12.6 Å². The van der Waals surface area contributed by atoms with Gasteiger partial charge in [0.15, 0.2) is 6.19 Å². The van der Waals surface area contributed by atoms with Crippen LogP contribution in [-0.2, 0) is 24.5 Å². The van der Waals surface area contributed by atoms with Gasteiger partial charge in [0, 0.05) is 56.4 Å². The number of hydrogen-bond donors (Lipinski definition) is 1. The molecule has 2 fully saturated rings. The number of benzene rings is 1. The molecule has 2 aliphatic rings. The Hall–Kier alpha value is -3.48. The maximum Gasteiger partial charge on any atom is 0.251 e. The molecule has 9 heteroatoms. The van der Waals surface area contributed by atoms with Gasteiger partial charge >= 0.3 is 0 Å². The second-order valence-corrected chi connectivity index (χ2v) is 11.0. The number of rotatable bonds is 7. The van der Waals surface area contributed by atoms with Gasteiger partial charge in [-0.1, -0.05) is 39.0 Å². The van der Waals surface area contributed by atoms with Gasteiger partial charge in [-0.05, 0) is 42.0 Å². The SMILES string of the molecule is COC1CC(C(=O)N(c2ccc(C(C)(C)C)cc2)C(C(=O)NC2CCOCC2)c2cccnc2)N(C#N)C1. The fourth-order valence-corrected chi connectivity index (χ4v) is 5.08. The molecule has 2 amide bonds. The van der Waals surface area contributed by atoms with E-state index in [0.717, 1.165) is 5.56 Å². The molecule has 3 unspecified atom stereocenters. The number of ether oxygens (including phenoxy) is 2. The average Bonchev–Trinajstić information content (AvgIpc) is 3.36. The summed E-state index contributed by atoms with van der Waals surface area (Å²) in [6, 6.07) is 9.53. The maximum absolute atomic E-state index is 14.3. The second kappa shape index (κ2) is 11.9. The van der Waals surface area contributed by atoms with Crippen molar-refractivity contribution in [2.24, 2.45) is 0 Å². The molecule has 0 aliphatic carbocycles. The lowest BCUT2D eigenvalue weighted by Gasteiger charge is -2.35. The number of carbonyl (C=O) groups is 2. The Morgan fingerprint density at radius 3 is 2.50 bits per heavy atom. The van der Waals surface area contributed by atoms with Crippen LogP contribution >= 0.6 is 0 Å². The molecule has 2 saturated heterocycles. The van der Waals surface area contributed by atoms with E-state index in [1.165, 1.54) is 9.80 Å². The molecule has 0 spiro atoms. The summed E-state index contributed by atoms with van der Waals surface area (Å²) in [6.45, 7) is 7.86. The van der Waals surface area contributed by atoms with Crippen LogP contribution in [0.3, 0.4) is 0 Å². The lowest BCUT2D eigenvalue weighted by molar-refractivity contribution is -0.129. The molecule has 9 nitrogen and oxygen atoms in total. The predicted octanol–water partition coefficient (Wildman–Crippen LogP) is 3.32. The van der Waals surface area contributed by atoms with Crippen LogP contribution < -0.4 is 10.2 Å². The van der Waals surface area contributed by atoms with Crippen molar-refractivity contribution in [3.63, 3.8) is 0 Å². The van der Waals surface area contributed by atoms with Crippen LogP contribution in [0.2, 0.25) is 0 Å². The van der Waals surface area contributed by atoms with E-state index in [0.29, 0.717) is 50.3 Å². The first kappa shape index (κ1) is 27.6. The Bertz CT molecular complexity index is 1140. The molecular formula is C29H37N5O4. The first-order valence-electron chi connectivity index (χ1n) is 13.1. The van der Waals surface area contributed by atoms with E-state index in [1.54, 1.807) is 31.6 Å². The molecule has 3 atom stereocenters. The summed E-state index contributed by atoms with van der Waals surface area (Å²) in [6.07, 6.45) is 6.93. The Kier molecular flexibility index (Phi) is 8.65. The summed E-state index contributed by atoms with van der Waals surface area (Å²) in [4.78, 5) is 35.5. The molecule has 1 aromatic carbocycles. The predicted molar refractivity (Wildman–Crippen MR) is 143 cm³/mol. The molecule has 0 bridgehead atoms. The molecule has 1 aromatic heterocycles. The number of pyridine rings is 1. The number of nitriles is 1. The lowest BCUT2D eigenvalue weighted by atomic mass is 9.87. The Morgan fingerprint density at radius 2 is 1.92 bits per heavy atom. The van der Waals surface area contributed by atoms with Crippen LogP contribution in [0.5, 0.6) is 0 Å². The quantitative estimate of drug-likeness (QED) is 0.559. The van der Waals surface area contributed by atoms with Crippen LogP contribution in [0.1, 0.15) is 57.2 Å². The summed E-state index contributed by atoms with van der Waals surface area (Å²) < 4.78 is 10.9. The van der Waals surface area contributed by atoms with Gasteiger partial charge in [0.25, 0.3) is 5.91 Å². The highest BCUT2D eigenvalue weighted by molar-refractivity contribution is 6.04. The molecule has 2 aliphatic heterocycles. The zero-order valence-corrected chi connectivity index (χ0v) is 22.6. The number of aromatic nitrogens is 1. The summed E-state index contributed by atoms with van der Waals surface area (Å²) in [5, 5.41) is 13.0. The molecular weight excluding hydrogens is 482 g/mol. The molecule has 0 saturated carbocycles. The van der Waals surface area contributed by atoms with Crippen LogP contribution in [0.4, 0.5) is 5.69 Å². The molecule has 4 rings (SSSR count). The summed E-state index contributed by atoms with van der Waals surface area (Å²) in [5.41, 5.74) is 2.20. The number of hydrogen-bond acceptors (Lipinski definition) is 7.